The van der Waals surface area contributed by atoms with Crippen molar-refractivity contribution in [3.8, 4) is 0 Å². The van der Waals surface area contributed by atoms with Gasteiger partial charge in [0.2, 0.25) is 0 Å². The number of hydrogen-bond donors (Lipinski definition) is 1. The Hall–Kier alpha value is -2.16. The molecular weight excluding hydrogens is 238 g/mol. The first-order valence-electron chi connectivity index (χ1n) is 6.26. The van der Waals surface area contributed by atoms with Crippen LogP contribution in [0.4, 0.5) is 0 Å². The average molecular weight is 255 g/mol. The van der Waals surface area contributed by atoms with Gasteiger partial charge in [-0.15, -0.1) is 0 Å². The molecule has 0 spiro atoms. The third kappa shape index (κ3) is 2.81. The fourth-order valence-electron chi connectivity index (χ4n) is 2.08. The summed E-state index contributed by atoms with van der Waals surface area (Å²) in [6, 6.07) is 7.60. The summed E-state index contributed by atoms with van der Waals surface area (Å²) in [7, 11) is 0. The maximum Gasteiger partial charge on any atom is 0.251 e. The lowest BCUT2D eigenvalue weighted by molar-refractivity contribution is 0.101. The predicted octanol–water partition coefficient (Wildman–Crippen LogP) is 2.79. The second-order valence-electron chi connectivity index (χ2n) is 4.83. The van der Waals surface area contributed by atoms with Crippen molar-refractivity contribution in [2.24, 2.45) is 0 Å². The largest absolute Gasteiger partial charge is 0.329 e. The highest BCUT2D eigenvalue weighted by Crippen LogP contribution is 2.15. The molecule has 1 heterocycles. The van der Waals surface area contributed by atoms with Gasteiger partial charge in [0, 0.05) is 17.3 Å². The lowest BCUT2D eigenvalue weighted by Crippen LogP contribution is -2.12. The van der Waals surface area contributed by atoms with Crippen LogP contribution in [0.1, 0.15) is 39.5 Å². The summed E-state index contributed by atoms with van der Waals surface area (Å²) in [6.45, 7) is 5.34. The molecule has 1 aromatic carbocycles. The summed E-state index contributed by atoms with van der Waals surface area (Å²) in [5.41, 5.74) is 4.59. The number of carbonyl (C=O) groups is 1. The number of aromatic nitrogens is 1. The van der Waals surface area contributed by atoms with Crippen molar-refractivity contribution in [3.63, 3.8) is 0 Å². The van der Waals surface area contributed by atoms with Crippen LogP contribution in [0, 0.1) is 13.8 Å². The van der Waals surface area contributed by atoms with Crippen LogP contribution in [0.2, 0.25) is 0 Å². The summed E-state index contributed by atoms with van der Waals surface area (Å²) in [5.74, 6) is 0.0659. The van der Waals surface area contributed by atoms with Crippen molar-refractivity contribution in [2.75, 3.05) is 0 Å². The second-order valence-corrected chi connectivity index (χ2v) is 4.83. The van der Waals surface area contributed by atoms with Crippen molar-refractivity contribution in [1.29, 1.82) is 0 Å². The fraction of sp³-hybridized carbons (Fsp3) is 0.250. The van der Waals surface area contributed by atoms with E-state index in [2.05, 4.69) is 4.98 Å². The summed E-state index contributed by atoms with van der Waals surface area (Å²) >= 11 is 0. The third-order valence-corrected chi connectivity index (χ3v) is 3.49. The smallest absolute Gasteiger partial charge is 0.251 e. The molecule has 3 heteroatoms. The maximum atomic E-state index is 11.5. The standard InChI is InChI=1S/C16H17NO2/c1-10-11(2)16(19)17-9-15(10)8-13-5-4-6-14(7-13)12(3)18/h4-7,9H,8H2,1-3H3,(H,17,19). The number of pyridine rings is 1. The minimum atomic E-state index is -0.0428. The Morgan fingerprint density at radius 1 is 1.21 bits per heavy atom. The number of Topliss-reactive ketones (excluding diaryl/α,β-unsaturated/α-hetero) is 1. The Morgan fingerprint density at radius 3 is 2.63 bits per heavy atom. The highest BCUT2D eigenvalue weighted by Gasteiger charge is 2.07. The topological polar surface area (TPSA) is 49.9 Å². The first-order chi connectivity index (χ1) is 8.99. The number of hydrogen-bond acceptors (Lipinski definition) is 2. The molecule has 0 aliphatic rings. The third-order valence-electron chi connectivity index (χ3n) is 3.49. The Labute approximate surface area is 112 Å². The lowest BCUT2D eigenvalue weighted by atomic mass is 9.98. The molecule has 0 fully saturated rings. The number of carbonyl (C=O) groups excluding carboxylic acids is 1. The summed E-state index contributed by atoms with van der Waals surface area (Å²) in [6.07, 6.45) is 2.47. The molecule has 3 nitrogen and oxygen atoms in total. The van der Waals surface area contributed by atoms with Gasteiger partial charge in [0.1, 0.15) is 0 Å². The number of nitrogens with one attached hydrogen (secondary N) is 1. The van der Waals surface area contributed by atoms with Gasteiger partial charge in [0.15, 0.2) is 5.78 Å². The van der Waals surface area contributed by atoms with Crippen molar-refractivity contribution in [2.45, 2.75) is 27.2 Å². The van der Waals surface area contributed by atoms with Crippen LogP contribution in [0.25, 0.3) is 0 Å². The molecule has 2 aromatic rings. The Morgan fingerprint density at radius 2 is 1.95 bits per heavy atom. The van der Waals surface area contributed by atoms with Gasteiger partial charge in [-0.25, -0.2) is 0 Å². The Kier molecular flexibility index (Phi) is 3.65. The van der Waals surface area contributed by atoms with E-state index in [9.17, 15) is 9.59 Å². The van der Waals surface area contributed by atoms with Gasteiger partial charge < -0.3 is 4.98 Å². The van der Waals surface area contributed by atoms with Crippen LogP contribution in [-0.4, -0.2) is 10.8 Å². The second kappa shape index (κ2) is 5.22. The first-order valence-corrected chi connectivity index (χ1v) is 6.26. The van der Waals surface area contributed by atoms with Crippen LogP contribution in [0.15, 0.2) is 35.3 Å². The van der Waals surface area contributed by atoms with Crippen LogP contribution in [0.5, 0.6) is 0 Å². The normalized spacial score (nSPS) is 10.5. The van der Waals surface area contributed by atoms with Crippen LogP contribution in [0.3, 0.4) is 0 Å². The van der Waals surface area contributed by atoms with E-state index in [-0.39, 0.29) is 11.3 Å². The zero-order valence-corrected chi connectivity index (χ0v) is 11.4. The molecule has 98 valence electrons. The van der Waals surface area contributed by atoms with Crippen LogP contribution in [-0.2, 0) is 6.42 Å². The van der Waals surface area contributed by atoms with Gasteiger partial charge in [-0.05, 0) is 49.9 Å². The number of rotatable bonds is 3. The van der Waals surface area contributed by atoms with Gasteiger partial charge in [-0.2, -0.15) is 0 Å². The fourth-order valence-corrected chi connectivity index (χ4v) is 2.08. The van der Waals surface area contributed by atoms with Crippen molar-refractivity contribution in [1.82, 2.24) is 4.98 Å². The molecular formula is C16H17NO2. The maximum absolute atomic E-state index is 11.5. The van der Waals surface area contributed by atoms with E-state index in [1.54, 1.807) is 13.1 Å². The van der Waals surface area contributed by atoms with E-state index in [0.29, 0.717) is 6.42 Å². The molecule has 19 heavy (non-hydrogen) atoms. The Bertz CT molecular complexity index is 683. The van der Waals surface area contributed by atoms with Crippen molar-refractivity contribution < 1.29 is 4.79 Å². The molecule has 0 unspecified atom stereocenters. The quantitative estimate of drug-likeness (QED) is 0.857. The minimum absolute atomic E-state index is 0.0428. The van der Waals surface area contributed by atoms with Gasteiger partial charge >= 0.3 is 0 Å². The van der Waals surface area contributed by atoms with Gasteiger partial charge in [0.05, 0.1) is 0 Å². The number of aromatic amines is 1. The SMILES string of the molecule is CC(=O)c1cccc(Cc2c[nH]c(=O)c(C)c2C)c1. The van der Waals surface area contributed by atoms with Crippen LogP contribution < -0.4 is 5.56 Å². The molecule has 0 radical (unpaired) electrons. The molecule has 0 amide bonds. The lowest BCUT2D eigenvalue weighted by Gasteiger charge is -2.08. The van der Waals surface area contributed by atoms with E-state index >= 15 is 0 Å². The minimum Gasteiger partial charge on any atom is -0.329 e. The molecule has 0 saturated heterocycles. The van der Waals surface area contributed by atoms with E-state index in [0.717, 1.165) is 27.8 Å². The molecule has 0 saturated carbocycles. The van der Waals surface area contributed by atoms with E-state index < -0.39 is 0 Å². The number of H-pyrrole nitrogens is 1. The molecule has 0 atom stereocenters. The van der Waals surface area contributed by atoms with Gasteiger partial charge in [0.25, 0.3) is 5.56 Å². The molecule has 1 N–H and O–H groups in total. The first kappa shape index (κ1) is 13.3. The average Bonchev–Trinajstić information content (AvgIpc) is 2.40. The summed E-state index contributed by atoms with van der Waals surface area (Å²) in [4.78, 5) is 25.6. The Balaban J connectivity index is 2.36. The van der Waals surface area contributed by atoms with Crippen molar-refractivity contribution >= 4 is 5.78 Å². The zero-order valence-electron chi connectivity index (χ0n) is 11.4. The van der Waals surface area contributed by atoms with E-state index in [1.165, 1.54) is 0 Å². The highest BCUT2D eigenvalue weighted by molar-refractivity contribution is 5.94. The van der Waals surface area contributed by atoms with Gasteiger partial charge in [-0.1, -0.05) is 18.2 Å². The molecule has 0 aliphatic heterocycles. The molecule has 2 rings (SSSR count). The number of ketones is 1. The predicted molar refractivity (Wildman–Crippen MR) is 75.8 cm³/mol. The summed E-state index contributed by atoms with van der Waals surface area (Å²) < 4.78 is 0. The van der Waals surface area contributed by atoms with Crippen molar-refractivity contribution in [3.05, 3.63) is 68.6 Å². The highest BCUT2D eigenvalue weighted by atomic mass is 16.1. The molecule has 0 bridgehead atoms. The molecule has 1 aromatic heterocycles. The monoisotopic (exact) mass is 255 g/mol. The molecule has 0 aliphatic carbocycles. The number of benzene rings is 1. The summed E-state index contributed by atoms with van der Waals surface area (Å²) in [5, 5.41) is 0. The zero-order chi connectivity index (χ0) is 14.0. The van der Waals surface area contributed by atoms with E-state index in [4.69, 9.17) is 0 Å². The van der Waals surface area contributed by atoms with Gasteiger partial charge in [-0.3, -0.25) is 9.59 Å². The van der Waals surface area contributed by atoms with E-state index in [1.807, 2.05) is 38.1 Å². The van der Waals surface area contributed by atoms with Crippen LogP contribution >= 0.6 is 0 Å².